The van der Waals surface area contributed by atoms with Crippen molar-refractivity contribution in [3.8, 4) is 11.5 Å². The molecule has 0 radical (unpaired) electrons. The Balaban J connectivity index is 1.58. The van der Waals surface area contributed by atoms with Gasteiger partial charge in [0.05, 0.1) is 0 Å². The Morgan fingerprint density at radius 2 is 1.77 bits per heavy atom. The van der Waals surface area contributed by atoms with E-state index < -0.39 is 30.3 Å². The number of hydrogen-bond donors (Lipinski definition) is 1. The first kappa shape index (κ1) is 20.7. The van der Waals surface area contributed by atoms with E-state index in [4.69, 9.17) is 9.15 Å². The zero-order chi connectivity index (χ0) is 21.7. The van der Waals surface area contributed by atoms with Gasteiger partial charge >= 0.3 is 11.7 Å². The number of benzene rings is 2. The number of ketones is 1. The van der Waals surface area contributed by atoms with Crippen molar-refractivity contribution in [1.29, 1.82) is 0 Å². The van der Waals surface area contributed by atoms with Crippen LogP contribution in [0.4, 0.5) is 5.69 Å². The van der Waals surface area contributed by atoms with Crippen molar-refractivity contribution in [2.24, 2.45) is 0 Å². The van der Waals surface area contributed by atoms with Gasteiger partial charge in [-0.2, -0.15) is 4.68 Å². The molecule has 154 valence electrons. The smallest absolute Gasteiger partial charge is 0.437 e. The quantitative estimate of drug-likeness (QED) is 0.469. The Morgan fingerprint density at radius 3 is 2.40 bits per heavy atom. The van der Waals surface area contributed by atoms with Crippen LogP contribution in [0.2, 0.25) is 0 Å². The molecule has 3 aromatic rings. The summed E-state index contributed by atoms with van der Waals surface area (Å²) in [5.74, 6) is -2.20. The third-order valence-corrected chi connectivity index (χ3v) is 4.14. The summed E-state index contributed by atoms with van der Waals surface area (Å²) in [6.07, 6.45) is -1.11. The zero-order valence-corrected chi connectivity index (χ0v) is 16.3. The highest BCUT2D eigenvalue weighted by Gasteiger charge is 2.20. The van der Waals surface area contributed by atoms with Crippen molar-refractivity contribution in [3.05, 3.63) is 70.7 Å². The van der Waals surface area contributed by atoms with E-state index in [-0.39, 0.29) is 11.7 Å². The van der Waals surface area contributed by atoms with Crippen LogP contribution in [0.15, 0.2) is 63.8 Å². The SMILES string of the molecule is CC(=O)c1ccc(NC(=O)[C@@H](C)OC(=O)Cn2nc(-c3ccccc3)oc2=O)cc1. The molecule has 0 saturated heterocycles. The maximum absolute atomic E-state index is 12.2. The molecule has 3 rings (SSSR count). The summed E-state index contributed by atoms with van der Waals surface area (Å²) < 4.78 is 10.9. The number of amides is 1. The molecular weight excluding hydrogens is 390 g/mol. The normalized spacial score (nSPS) is 11.5. The molecule has 1 atom stereocenters. The van der Waals surface area contributed by atoms with Gasteiger partial charge in [-0.25, -0.2) is 4.79 Å². The number of carbonyl (C=O) groups excluding carboxylic acids is 3. The number of carbonyl (C=O) groups is 3. The van der Waals surface area contributed by atoms with E-state index in [1.54, 1.807) is 54.6 Å². The number of nitrogens with one attached hydrogen (secondary N) is 1. The molecule has 0 spiro atoms. The van der Waals surface area contributed by atoms with Crippen LogP contribution >= 0.6 is 0 Å². The molecule has 0 aliphatic heterocycles. The standard InChI is InChI=1S/C21H19N3O6/c1-13(25)15-8-10-17(11-9-15)22-19(27)14(2)29-18(26)12-24-21(28)30-20(23-24)16-6-4-3-5-7-16/h3-11,14H,12H2,1-2H3,(H,22,27)/t14-/m1/s1. The van der Waals surface area contributed by atoms with Crippen LogP contribution in [-0.2, 0) is 20.9 Å². The maximum atomic E-state index is 12.2. The number of hydrogen-bond acceptors (Lipinski definition) is 7. The molecule has 2 aromatic carbocycles. The molecule has 1 heterocycles. The number of esters is 1. The van der Waals surface area contributed by atoms with E-state index in [9.17, 15) is 19.2 Å². The summed E-state index contributed by atoms with van der Waals surface area (Å²) in [5.41, 5.74) is 1.55. The molecular formula is C21H19N3O6. The molecule has 9 heteroatoms. The van der Waals surface area contributed by atoms with E-state index >= 15 is 0 Å². The number of Topliss-reactive ketones (excluding diaryl/α,β-unsaturated/α-hetero) is 1. The maximum Gasteiger partial charge on any atom is 0.437 e. The Labute approximate surface area is 171 Å². The molecule has 0 bridgehead atoms. The van der Waals surface area contributed by atoms with Crippen LogP contribution in [-0.4, -0.2) is 33.5 Å². The van der Waals surface area contributed by atoms with E-state index in [1.165, 1.54) is 13.8 Å². The Morgan fingerprint density at radius 1 is 1.10 bits per heavy atom. The second-order valence-electron chi connectivity index (χ2n) is 6.45. The highest BCUT2D eigenvalue weighted by molar-refractivity contribution is 5.97. The van der Waals surface area contributed by atoms with E-state index in [0.717, 1.165) is 4.68 Å². The van der Waals surface area contributed by atoms with Crippen molar-refractivity contribution in [2.45, 2.75) is 26.5 Å². The van der Waals surface area contributed by atoms with Gasteiger partial charge in [-0.15, -0.1) is 5.10 Å². The summed E-state index contributed by atoms with van der Waals surface area (Å²) in [6, 6.07) is 15.1. The van der Waals surface area contributed by atoms with Gasteiger partial charge in [0, 0.05) is 16.8 Å². The molecule has 1 N–H and O–H groups in total. The number of anilines is 1. The van der Waals surface area contributed by atoms with Crippen molar-refractivity contribution in [2.75, 3.05) is 5.32 Å². The molecule has 0 unspecified atom stereocenters. The van der Waals surface area contributed by atoms with Gasteiger partial charge in [-0.05, 0) is 50.2 Å². The van der Waals surface area contributed by atoms with Gasteiger partial charge in [0.1, 0.15) is 6.54 Å². The topological polar surface area (TPSA) is 120 Å². The van der Waals surface area contributed by atoms with Crippen LogP contribution in [0.25, 0.3) is 11.5 Å². The largest absolute Gasteiger partial charge is 0.451 e. The summed E-state index contributed by atoms with van der Waals surface area (Å²) in [7, 11) is 0. The third kappa shape index (κ3) is 5.07. The van der Waals surface area contributed by atoms with Gasteiger partial charge in [0.25, 0.3) is 5.91 Å². The number of rotatable bonds is 7. The fraction of sp³-hybridized carbons (Fsp3) is 0.190. The van der Waals surface area contributed by atoms with E-state index in [1.807, 2.05) is 0 Å². The zero-order valence-electron chi connectivity index (χ0n) is 16.3. The van der Waals surface area contributed by atoms with E-state index in [2.05, 4.69) is 10.4 Å². The number of nitrogens with zero attached hydrogens (tertiary/aromatic N) is 2. The lowest BCUT2D eigenvalue weighted by atomic mass is 10.1. The van der Waals surface area contributed by atoms with Crippen LogP contribution in [0.5, 0.6) is 0 Å². The summed E-state index contributed by atoms with van der Waals surface area (Å²) in [5, 5.41) is 6.55. The Bertz CT molecular complexity index is 1120. The van der Waals surface area contributed by atoms with Crippen molar-refractivity contribution < 1.29 is 23.5 Å². The summed E-state index contributed by atoms with van der Waals surface area (Å²) in [6.45, 7) is 2.34. The average molecular weight is 409 g/mol. The number of ether oxygens (including phenoxy) is 1. The fourth-order valence-electron chi connectivity index (χ4n) is 2.55. The molecule has 1 amide bonds. The Hall–Kier alpha value is -4.01. The van der Waals surface area contributed by atoms with Gasteiger partial charge < -0.3 is 14.5 Å². The lowest BCUT2D eigenvalue weighted by Crippen LogP contribution is -2.32. The minimum Gasteiger partial charge on any atom is -0.451 e. The minimum atomic E-state index is -1.11. The lowest BCUT2D eigenvalue weighted by Gasteiger charge is -2.13. The van der Waals surface area contributed by atoms with Crippen molar-refractivity contribution >= 4 is 23.3 Å². The average Bonchev–Trinajstić information content (AvgIpc) is 3.09. The first-order valence-electron chi connectivity index (χ1n) is 9.08. The molecule has 1 aromatic heterocycles. The van der Waals surface area contributed by atoms with Crippen molar-refractivity contribution in [1.82, 2.24) is 9.78 Å². The van der Waals surface area contributed by atoms with Gasteiger partial charge in [-0.1, -0.05) is 18.2 Å². The second kappa shape index (κ2) is 8.99. The summed E-state index contributed by atoms with van der Waals surface area (Å²) >= 11 is 0. The predicted octanol–water partition coefficient (Wildman–Crippen LogP) is 2.28. The van der Waals surface area contributed by atoms with Crippen LogP contribution in [0.3, 0.4) is 0 Å². The van der Waals surface area contributed by atoms with Gasteiger partial charge in [0.2, 0.25) is 5.89 Å². The fourth-order valence-corrected chi connectivity index (χ4v) is 2.55. The van der Waals surface area contributed by atoms with Crippen LogP contribution in [0.1, 0.15) is 24.2 Å². The van der Waals surface area contributed by atoms with Crippen LogP contribution in [0, 0.1) is 0 Å². The van der Waals surface area contributed by atoms with E-state index in [0.29, 0.717) is 16.8 Å². The molecule has 0 saturated carbocycles. The first-order chi connectivity index (χ1) is 14.3. The van der Waals surface area contributed by atoms with Gasteiger partial charge in [-0.3, -0.25) is 14.4 Å². The van der Waals surface area contributed by atoms with Crippen molar-refractivity contribution in [3.63, 3.8) is 0 Å². The van der Waals surface area contributed by atoms with Crippen LogP contribution < -0.4 is 11.1 Å². The summed E-state index contributed by atoms with van der Waals surface area (Å²) in [4.78, 5) is 47.5. The molecule has 0 fully saturated rings. The third-order valence-electron chi connectivity index (χ3n) is 4.14. The molecule has 0 aliphatic carbocycles. The Kier molecular flexibility index (Phi) is 6.21. The molecule has 9 nitrogen and oxygen atoms in total. The second-order valence-corrected chi connectivity index (χ2v) is 6.45. The lowest BCUT2D eigenvalue weighted by molar-refractivity contribution is -0.154. The van der Waals surface area contributed by atoms with Gasteiger partial charge in [0.15, 0.2) is 11.9 Å². The molecule has 30 heavy (non-hydrogen) atoms. The highest BCUT2D eigenvalue weighted by atomic mass is 16.5. The first-order valence-corrected chi connectivity index (χ1v) is 9.08. The monoisotopic (exact) mass is 409 g/mol. The highest BCUT2D eigenvalue weighted by Crippen LogP contribution is 2.14. The number of aromatic nitrogens is 2. The predicted molar refractivity (Wildman–Crippen MR) is 107 cm³/mol. The molecule has 0 aliphatic rings. The minimum absolute atomic E-state index is 0.0770.